The summed E-state index contributed by atoms with van der Waals surface area (Å²) in [5.74, 6) is 1.72. The minimum Gasteiger partial charge on any atom is -0.393 e. The van der Waals surface area contributed by atoms with Crippen molar-refractivity contribution in [1.29, 1.82) is 0 Å². The molecule has 0 aromatic rings. The van der Waals surface area contributed by atoms with E-state index in [0.29, 0.717) is 12.5 Å². The molecule has 0 amide bonds. The quantitative estimate of drug-likeness (QED) is 0.709. The van der Waals surface area contributed by atoms with Crippen molar-refractivity contribution in [2.24, 2.45) is 11.8 Å². The molecule has 3 heteroatoms. The van der Waals surface area contributed by atoms with E-state index in [2.05, 4.69) is 0 Å². The van der Waals surface area contributed by atoms with Crippen molar-refractivity contribution in [1.82, 2.24) is 0 Å². The van der Waals surface area contributed by atoms with Gasteiger partial charge in [-0.05, 0) is 82.5 Å². The van der Waals surface area contributed by atoms with E-state index in [1.54, 1.807) is 0 Å². The molecule has 2 fully saturated rings. The van der Waals surface area contributed by atoms with Crippen molar-refractivity contribution in [3.8, 4) is 0 Å². The standard InChI is InChI=1S/C17H31FO2/c18-12-2-1-3-13-20-17-10-6-15(7-11-17)14-4-8-16(19)9-5-14/h14-17,19H,1-13H2. The van der Waals surface area contributed by atoms with Crippen LogP contribution in [-0.2, 0) is 4.74 Å². The molecule has 0 aliphatic heterocycles. The van der Waals surface area contributed by atoms with E-state index >= 15 is 0 Å². The maximum Gasteiger partial charge on any atom is 0.0894 e. The van der Waals surface area contributed by atoms with Gasteiger partial charge in [-0.25, -0.2) is 0 Å². The second-order valence-corrected chi connectivity index (χ2v) is 6.73. The number of ether oxygens (including phenoxy) is 1. The Balaban J connectivity index is 1.55. The van der Waals surface area contributed by atoms with E-state index in [-0.39, 0.29) is 12.8 Å². The molecule has 0 spiro atoms. The predicted octanol–water partition coefficient (Wildman–Crippen LogP) is 4.25. The third-order valence-corrected chi connectivity index (χ3v) is 5.26. The first-order valence-electron chi connectivity index (χ1n) is 8.65. The predicted molar refractivity (Wildman–Crippen MR) is 79.5 cm³/mol. The van der Waals surface area contributed by atoms with Crippen molar-refractivity contribution in [2.45, 2.75) is 82.8 Å². The van der Waals surface area contributed by atoms with Crippen LogP contribution in [0.3, 0.4) is 0 Å². The molecule has 0 unspecified atom stereocenters. The highest BCUT2D eigenvalue weighted by Gasteiger charge is 2.30. The van der Waals surface area contributed by atoms with E-state index < -0.39 is 0 Å². The van der Waals surface area contributed by atoms with Gasteiger partial charge in [0, 0.05) is 6.61 Å². The number of unbranched alkanes of at least 4 members (excludes halogenated alkanes) is 2. The van der Waals surface area contributed by atoms with Gasteiger partial charge in [0.05, 0.1) is 18.9 Å². The summed E-state index contributed by atoms with van der Waals surface area (Å²) in [4.78, 5) is 0. The van der Waals surface area contributed by atoms with Gasteiger partial charge in [0.15, 0.2) is 0 Å². The number of aliphatic hydroxyl groups excluding tert-OH is 1. The molecule has 0 radical (unpaired) electrons. The smallest absolute Gasteiger partial charge is 0.0894 e. The Morgan fingerprint density at radius 2 is 1.40 bits per heavy atom. The number of aliphatic hydroxyl groups is 1. The lowest BCUT2D eigenvalue weighted by molar-refractivity contribution is 0.00172. The molecule has 118 valence electrons. The number of hydrogen-bond acceptors (Lipinski definition) is 2. The summed E-state index contributed by atoms with van der Waals surface area (Å²) in [6.07, 6.45) is 12.5. The highest BCUT2D eigenvalue weighted by atomic mass is 19.1. The van der Waals surface area contributed by atoms with Crippen LogP contribution >= 0.6 is 0 Å². The molecule has 0 aromatic carbocycles. The average Bonchev–Trinajstić information content (AvgIpc) is 2.49. The molecule has 0 saturated heterocycles. The fraction of sp³-hybridized carbons (Fsp3) is 1.00. The van der Waals surface area contributed by atoms with Crippen molar-refractivity contribution in [3.63, 3.8) is 0 Å². The van der Waals surface area contributed by atoms with E-state index in [1.807, 2.05) is 0 Å². The monoisotopic (exact) mass is 286 g/mol. The van der Waals surface area contributed by atoms with Gasteiger partial charge < -0.3 is 9.84 Å². The SMILES string of the molecule is OC1CCC(C2CCC(OCCCCCF)CC2)CC1. The maximum atomic E-state index is 12.0. The zero-order valence-corrected chi connectivity index (χ0v) is 12.7. The van der Waals surface area contributed by atoms with Gasteiger partial charge >= 0.3 is 0 Å². The Kier molecular flexibility index (Phi) is 7.29. The van der Waals surface area contributed by atoms with Crippen molar-refractivity contribution in [3.05, 3.63) is 0 Å². The first kappa shape index (κ1) is 16.2. The van der Waals surface area contributed by atoms with E-state index in [9.17, 15) is 9.50 Å². The third-order valence-electron chi connectivity index (χ3n) is 5.26. The van der Waals surface area contributed by atoms with E-state index in [1.165, 1.54) is 38.5 Å². The lowest BCUT2D eigenvalue weighted by Crippen LogP contribution is -2.29. The molecule has 2 aliphatic carbocycles. The average molecular weight is 286 g/mol. The number of hydrogen-bond donors (Lipinski definition) is 1. The molecule has 2 nitrogen and oxygen atoms in total. The number of alkyl halides is 1. The minimum atomic E-state index is -0.193. The summed E-state index contributed by atoms with van der Waals surface area (Å²) in [6.45, 7) is 0.617. The van der Waals surface area contributed by atoms with Crippen LogP contribution in [0.2, 0.25) is 0 Å². The van der Waals surface area contributed by atoms with Crippen LogP contribution in [0.1, 0.15) is 70.6 Å². The molecule has 20 heavy (non-hydrogen) atoms. The van der Waals surface area contributed by atoms with Crippen LogP contribution in [0.4, 0.5) is 4.39 Å². The molecule has 2 rings (SSSR count). The van der Waals surface area contributed by atoms with Crippen molar-refractivity contribution < 1.29 is 14.2 Å². The molecule has 2 saturated carbocycles. The molecule has 0 bridgehead atoms. The van der Waals surface area contributed by atoms with Gasteiger partial charge in [-0.2, -0.15) is 0 Å². The van der Waals surface area contributed by atoms with Crippen LogP contribution in [0.15, 0.2) is 0 Å². The Hall–Kier alpha value is -0.150. The Morgan fingerprint density at radius 1 is 0.800 bits per heavy atom. The fourth-order valence-corrected chi connectivity index (χ4v) is 3.92. The van der Waals surface area contributed by atoms with Gasteiger partial charge in [0.25, 0.3) is 0 Å². The second-order valence-electron chi connectivity index (χ2n) is 6.73. The van der Waals surface area contributed by atoms with E-state index in [4.69, 9.17) is 4.74 Å². The van der Waals surface area contributed by atoms with Crippen LogP contribution < -0.4 is 0 Å². The Bertz CT molecular complexity index is 243. The zero-order chi connectivity index (χ0) is 14.2. The summed E-state index contributed by atoms with van der Waals surface area (Å²) in [5, 5.41) is 9.58. The van der Waals surface area contributed by atoms with E-state index in [0.717, 1.165) is 44.1 Å². The largest absolute Gasteiger partial charge is 0.393 e. The van der Waals surface area contributed by atoms with Gasteiger partial charge in [-0.3, -0.25) is 4.39 Å². The van der Waals surface area contributed by atoms with Crippen LogP contribution in [0.25, 0.3) is 0 Å². The lowest BCUT2D eigenvalue weighted by atomic mass is 9.72. The molecule has 1 N–H and O–H groups in total. The zero-order valence-electron chi connectivity index (χ0n) is 12.7. The number of rotatable bonds is 7. The molecule has 0 atom stereocenters. The maximum absolute atomic E-state index is 12.0. The molecule has 0 aromatic heterocycles. The van der Waals surface area contributed by atoms with Gasteiger partial charge in [-0.1, -0.05) is 0 Å². The third kappa shape index (κ3) is 5.33. The van der Waals surface area contributed by atoms with Crippen molar-refractivity contribution >= 4 is 0 Å². The number of halogens is 1. The fourth-order valence-electron chi connectivity index (χ4n) is 3.92. The summed E-state index contributed by atoms with van der Waals surface area (Å²) in [5.41, 5.74) is 0. The summed E-state index contributed by atoms with van der Waals surface area (Å²) < 4.78 is 17.9. The molecular formula is C17H31FO2. The Morgan fingerprint density at radius 3 is 2.00 bits per heavy atom. The normalized spacial score (nSPS) is 35.1. The highest BCUT2D eigenvalue weighted by Crippen LogP contribution is 2.38. The Labute approximate surface area is 123 Å². The summed E-state index contributed by atoms with van der Waals surface area (Å²) in [6, 6.07) is 0. The topological polar surface area (TPSA) is 29.5 Å². The molecule has 2 aliphatic rings. The van der Waals surface area contributed by atoms with Gasteiger partial charge in [0.1, 0.15) is 0 Å². The molecular weight excluding hydrogens is 255 g/mol. The van der Waals surface area contributed by atoms with Crippen LogP contribution in [-0.4, -0.2) is 30.6 Å². The van der Waals surface area contributed by atoms with Crippen LogP contribution in [0, 0.1) is 11.8 Å². The van der Waals surface area contributed by atoms with Gasteiger partial charge in [0.2, 0.25) is 0 Å². The second kappa shape index (κ2) is 8.99. The molecule has 0 heterocycles. The minimum absolute atomic E-state index is 0.0322. The first-order chi connectivity index (χ1) is 9.79. The van der Waals surface area contributed by atoms with Gasteiger partial charge in [-0.15, -0.1) is 0 Å². The summed E-state index contributed by atoms with van der Waals surface area (Å²) >= 11 is 0. The summed E-state index contributed by atoms with van der Waals surface area (Å²) in [7, 11) is 0. The lowest BCUT2D eigenvalue weighted by Gasteiger charge is -2.36. The van der Waals surface area contributed by atoms with Crippen molar-refractivity contribution in [2.75, 3.05) is 13.3 Å². The highest BCUT2D eigenvalue weighted by molar-refractivity contribution is 4.82. The van der Waals surface area contributed by atoms with Crippen LogP contribution in [0.5, 0.6) is 0 Å². The first-order valence-corrected chi connectivity index (χ1v) is 8.65.